The van der Waals surface area contributed by atoms with E-state index < -0.39 is 5.83 Å². The van der Waals surface area contributed by atoms with Gasteiger partial charge in [0.1, 0.15) is 0 Å². The van der Waals surface area contributed by atoms with Crippen LogP contribution < -0.4 is 0 Å². The van der Waals surface area contributed by atoms with Crippen molar-refractivity contribution in [1.82, 2.24) is 0 Å². The number of hydrogen-bond acceptors (Lipinski definition) is 1. The van der Waals surface area contributed by atoms with Crippen molar-refractivity contribution in [2.75, 3.05) is 0 Å². The Kier molecular flexibility index (Phi) is 2.92. The van der Waals surface area contributed by atoms with Crippen molar-refractivity contribution in [2.45, 2.75) is 12.8 Å². The van der Waals surface area contributed by atoms with Gasteiger partial charge in [-0.2, -0.15) is 0 Å². The van der Waals surface area contributed by atoms with Crippen LogP contribution in [0.3, 0.4) is 0 Å². The number of allylic oxidation sites excluding steroid dienone is 2. The molecule has 0 rings (SSSR count). The van der Waals surface area contributed by atoms with Crippen LogP contribution in [0.1, 0.15) is 12.8 Å². The zero-order valence-corrected chi connectivity index (χ0v) is 4.65. The standard InChI is InChI=1S/C6H9FO/c1-5(7)3-4-6(2)8/h8H,1-4H2. The van der Waals surface area contributed by atoms with E-state index in [4.69, 9.17) is 5.11 Å². The Morgan fingerprint density at radius 2 is 1.88 bits per heavy atom. The minimum absolute atomic E-state index is 0.00352. The summed E-state index contributed by atoms with van der Waals surface area (Å²) in [5, 5.41) is 8.40. The van der Waals surface area contributed by atoms with Gasteiger partial charge in [-0.3, -0.25) is 0 Å². The summed E-state index contributed by atoms with van der Waals surface area (Å²) < 4.78 is 11.7. The number of halogens is 1. The van der Waals surface area contributed by atoms with Crippen molar-refractivity contribution < 1.29 is 9.50 Å². The third kappa shape index (κ3) is 5.21. The van der Waals surface area contributed by atoms with Gasteiger partial charge < -0.3 is 5.11 Å². The highest BCUT2D eigenvalue weighted by Crippen LogP contribution is 2.06. The zero-order chi connectivity index (χ0) is 6.57. The molecule has 0 spiro atoms. The van der Waals surface area contributed by atoms with E-state index in [-0.39, 0.29) is 18.6 Å². The molecule has 0 aromatic rings. The molecule has 0 heterocycles. The van der Waals surface area contributed by atoms with E-state index in [9.17, 15) is 4.39 Å². The normalized spacial score (nSPS) is 8.62. The summed E-state index contributed by atoms with van der Waals surface area (Å²) in [6.07, 6.45) is 0.449. The topological polar surface area (TPSA) is 20.2 Å². The largest absolute Gasteiger partial charge is 0.513 e. The van der Waals surface area contributed by atoms with E-state index in [1.165, 1.54) is 0 Å². The molecule has 0 aliphatic carbocycles. The molecule has 0 atom stereocenters. The predicted molar refractivity (Wildman–Crippen MR) is 31.3 cm³/mol. The van der Waals surface area contributed by atoms with Gasteiger partial charge in [0.25, 0.3) is 0 Å². The van der Waals surface area contributed by atoms with Crippen LogP contribution in [-0.4, -0.2) is 5.11 Å². The van der Waals surface area contributed by atoms with Gasteiger partial charge in [-0.05, 0) is 0 Å². The van der Waals surface area contributed by atoms with Crippen molar-refractivity contribution >= 4 is 0 Å². The molecular weight excluding hydrogens is 107 g/mol. The van der Waals surface area contributed by atoms with Crippen LogP contribution in [0.5, 0.6) is 0 Å². The van der Waals surface area contributed by atoms with Gasteiger partial charge in [0.2, 0.25) is 0 Å². The summed E-state index contributed by atoms with van der Waals surface area (Å²) in [7, 11) is 0. The van der Waals surface area contributed by atoms with Gasteiger partial charge >= 0.3 is 0 Å². The fraction of sp³-hybridized carbons (Fsp3) is 0.333. The van der Waals surface area contributed by atoms with Crippen LogP contribution in [0, 0.1) is 0 Å². The number of aliphatic hydroxyl groups is 1. The second-order valence-electron chi connectivity index (χ2n) is 1.58. The third-order valence-corrected chi connectivity index (χ3v) is 0.685. The average molecular weight is 116 g/mol. The Morgan fingerprint density at radius 1 is 1.38 bits per heavy atom. The molecule has 0 aromatic heterocycles. The minimum Gasteiger partial charge on any atom is -0.513 e. The lowest BCUT2D eigenvalue weighted by atomic mass is 10.3. The van der Waals surface area contributed by atoms with E-state index in [2.05, 4.69) is 13.2 Å². The van der Waals surface area contributed by atoms with E-state index in [1.54, 1.807) is 0 Å². The van der Waals surface area contributed by atoms with Crippen LogP contribution in [0.4, 0.5) is 4.39 Å². The fourth-order valence-corrected chi connectivity index (χ4v) is 0.280. The van der Waals surface area contributed by atoms with Gasteiger partial charge in [0.05, 0.1) is 11.6 Å². The first kappa shape index (κ1) is 7.21. The Bertz CT molecular complexity index is 93.1. The second-order valence-corrected chi connectivity index (χ2v) is 1.58. The lowest BCUT2D eigenvalue weighted by Gasteiger charge is -1.92. The van der Waals surface area contributed by atoms with Crippen molar-refractivity contribution in [3.63, 3.8) is 0 Å². The van der Waals surface area contributed by atoms with E-state index in [1.807, 2.05) is 0 Å². The first-order valence-electron chi connectivity index (χ1n) is 2.33. The summed E-state index contributed by atoms with van der Waals surface area (Å²) in [6.45, 7) is 6.18. The lowest BCUT2D eigenvalue weighted by molar-refractivity contribution is 0.385. The molecule has 0 saturated heterocycles. The summed E-state index contributed by atoms with van der Waals surface area (Å²) in [5.74, 6) is -0.413. The summed E-state index contributed by atoms with van der Waals surface area (Å²) in [5.41, 5.74) is 0. The minimum atomic E-state index is -0.416. The molecule has 0 aliphatic heterocycles. The zero-order valence-electron chi connectivity index (χ0n) is 4.65. The van der Waals surface area contributed by atoms with Crippen molar-refractivity contribution in [3.8, 4) is 0 Å². The Balaban J connectivity index is 3.18. The highest BCUT2D eigenvalue weighted by Gasteiger charge is 1.91. The predicted octanol–water partition coefficient (Wildman–Crippen LogP) is 2.32. The Morgan fingerprint density at radius 3 is 2.00 bits per heavy atom. The molecule has 0 bridgehead atoms. The van der Waals surface area contributed by atoms with Crippen molar-refractivity contribution in [1.29, 1.82) is 0 Å². The molecule has 0 radical (unpaired) electrons. The summed E-state index contributed by atoms with van der Waals surface area (Å²) in [6, 6.07) is 0. The summed E-state index contributed by atoms with van der Waals surface area (Å²) in [4.78, 5) is 0. The highest BCUT2D eigenvalue weighted by molar-refractivity contribution is 4.87. The van der Waals surface area contributed by atoms with Gasteiger partial charge in [0, 0.05) is 12.8 Å². The Hall–Kier alpha value is -0.790. The maximum atomic E-state index is 11.7. The van der Waals surface area contributed by atoms with Crippen LogP contribution in [0.2, 0.25) is 0 Å². The van der Waals surface area contributed by atoms with Crippen LogP contribution in [-0.2, 0) is 0 Å². The van der Waals surface area contributed by atoms with Gasteiger partial charge in [-0.25, -0.2) is 4.39 Å². The monoisotopic (exact) mass is 116 g/mol. The van der Waals surface area contributed by atoms with Gasteiger partial charge in [0.15, 0.2) is 0 Å². The van der Waals surface area contributed by atoms with Crippen LogP contribution in [0.15, 0.2) is 24.7 Å². The quantitative estimate of drug-likeness (QED) is 0.561. The first-order valence-corrected chi connectivity index (χ1v) is 2.33. The van der Waals surface area contributed by atoms with Gasteiger partial charge in [-0.15, -0.1) is 0 Å². The fourth-order valence-electron chi connectivity index (χ4n) is 0.280. The number of rotatable bonds is 3. The summed E-state index contributed by atoms with van der Waals surface area (Å²) >= 11 is 0. The molecule has 2 heteroatoms. The molecule has 0 saturated carbocycles. The molecule has 8 heavy (non-hydrogen) atoms. The highest BCUT2D eigenvalue weighted by atomic mass is 19.1. The molecule has 0 fully saturated rings. The van der Waals surface area contributed by atoms with Crippen LogP contribution >= 0.6 is 0 Å². The molecule has 0 aromatic carbocycles. The third-order valence-electron chi connectivity index (χ3n) is 0.685. The molecule has 1 nitrogen and oxygen atoms in total. The van der Waals surface area contributed by atoms with E-state index in [0.29, 0.717) is 0 Å². The maximum absolute atomic E-state index is 11.7. The molecule has 1 N–H and O–H groups in total. The molecule has 0 unspecified atom stereocenters. The smallest absolute Gasteiger partial charge is 0.0932 e. The molecule has 0 aliphatic rings. The van der Waals surface area contributed by atoms with Gasteiger partial charge in [-0.1, -0.05) is 13.2 Å². The SMILES string of the molecule is C=C(O)CCC(=C)F. The number of aliphatic hydroxyl groups excluding tert-OH is 1. The van der Waals surface area contributed by atoms with E-state index >= 15 is 0 Å². The molecule has 46 valence electrons. The number of hydrogen-bond donors (Lipinski definition) is 1. The van der Waals surface area contributed by atoms with Crippen molar-refractivity contribution in [3.05, 3.63) is 24.7 Å². The second kappa shape index (κ2) is 3.24. The Labute approximate surface area is 48.1 Å². The first-order chi connectivity index (χ1) is 3.63. The van der Waals surface area contributed by atoms with E-state index in [0.717, 1.165) is 0 Å². The lowest BCUT2D eigenvalue weighted by Crippen LogP contribution is -1.77. The maximum Gasteiger partial charge on any atom is 0.0932 e. The van der Waals surface area contributed by atoms with Crippen molar-refractivity contribution in [2.24, 2.45) is 0 Å². The van der Waals surface area contributed by atoms with Crippen LogP contribution in [0.25, 0.3) is 0 Å². The average Bonchev–Trinajstić information content (AvgIpc) is 1.61. The molecular formula is C6H9FO. The molecule has 0 amide bonds.